The number of likely N-dealkylation sites (tertiary alicyclic amines) is 1. The summed E-state index contributed by atoms with van der Waals surface area (Å²) in [6.45, 7) is 19.0. The van der Waals surface area contributed by atoms with Gasteiger partial charge in [-0.1, -0.05) is 78.3 Å². The highest BCUT2D eigenvalue weighted by molar-refractivity contribution is 7.70. The standard InChI is InChI=1S/C65H90N6O22P2/c1-35(2)32-71-28-24-65(25-29-71)68-52-49-50-56(76)41(8)60-51(49)61(78)64(11,93-60)89-31-23-46(87-12)38(5)59(91-43(10)73)40(7)55(75)39(6)58(36(3)16-15-17-37(4)62(79)67-54(57(50)77)53(52)69-65)92-47(74)33-70(27-14-13-18-48(94(81,82)83)95(84,85)86)30-26-66-63(80)88-34-44-19-21-45(22-20-44)90-42(9)72/h15-17,19-23,31,35-36,38-40,46,48,55,58-59,68,75-77H,13-14,18,24-30,32-34H2,1-12H3,(H,66,80)(H2,81,82,83)(H2,84,85,86)/b16-15+,31-23+,37-17-,67-54?/t36-,38+,39-,40+,46-,55+,58-,59+,64-/m0/s1. The minimum atomic E-state index is -5.25. The topological polar surface area (TPSA) is 398 Å². The van der Waals surface area contributed by atoms with Gasteiger partial charge in [0.2, 0.25) is 0 Å². The summed E-state index contributed by atoms with van der Waals surface area (Å²) in [7, 11) is -9.11. The predicted octanol–water partition coefficient (Wildman–Crippen LogP) is 6.31. The minimum Gasteiger partial charge on any atom is -0.507 e. The van der Waals surface area contributed by atoms with Crippen LogP contribution in [0.5, 0.6) is 23.0 Å². The Hall–Kier alpha value is -7.10. The number of aliphatic hydroxyl groups excluding tert-OH is 1. The van der Waals surface area contributed by atoms with Gasteiger partial charge in [0, 0.05) is 114 Å². The lowest BCUT2D eigenvalue weighted by Gasteiger charge is -2.39. The van der Waals surface area contributed by atoms with Crippen molar-refractivity contribution in [2.24, 2.45) is 39.6 Å². The number of amides is 2. The Balaban J connectivity index is 1.25. The molecule has 0 radical (unpaired) electrons. The molecule has 2 amide bonds. The molecule has 30 heteroatoms. The molecule has 522 valence electrons. The highest BCUT2D eigenvalue weighted by Crippen LogP contribution is 2.61. The minimum absolute atomic E-state index is 0.0233. The number of Topliss-reactive ketones (excluding diaryl/α,β-unsaturated/α-hetero) is 1. The molecule has 1 spiro atoms. The summed E-state index contributed by atoms with van der Waals surface area (Å²) in [6, 6.07) is 6.22. The zero-order valence-electron chi connectivity index (χ0n) is 55.6. The molecule has 5 heterocycles. The monoisotopic (exact) mass is 1370 g/mol. The molecule has 0 saturated carbocycles. The number of ether oxygens (including phenoxy) is 7. The number of nitrogens with zero attached hydrogens (tertiary/aromatic N) is 4. The number of aromatic hydroxyl groups is 2. The van der Waals surface area contributed by atoms with Crippen molar-refractivity contribution in [1.29, 1.82) is 0 Å². The molecule has 5 bridgehead atoms. The van der Waals surface area contributed by atoms with Crippen molar-refractivity contribution in [2.45, 2.75) is 156 Å². The summed E-state index contributed by atoms with van der Waals surface area (Å²) >= 11 is 0. The van der Waals surface area contributed by atoms with Crippen molar-refractivity contribution in [3.05, 3.63) is 87.8 Å². The van der Waals surface area contributed by atoms with Crippen molar-refractivity contribution < 1.29 is 106 Å². The molecular weight excluding hydrogens is 1280 g/mol. The smallest absolute Gasteiger partial charge is 0.407 e. The number of phenols is 2. The van der Waals surface area contributed by atoms with Crippen LogP contribution in [0, 0.1) is 36.5 Å². The number of methoxy groups -OCH3 is 1. The molecule has 5 aliphatic heterocycles. The molecule has 9 atom stereocenters. The number of alkyl carbamates (subject to hydrolysis) is 1. The second-order valence-electron chi connectivity index (χ2n) is 25.6. The average molecular weight is 1370 g/mol. The molecule has 0 unspecified atom stereocenters. The molecule has 1 fully saturated rings. The first-order valence-electron chi connectivity index (χ1n) is 31.6. The van der Waals surface area contributed by atoms with E-state index in [9.17, 15) is 68.0 Å². The summed E-state index contributed by atoms with van der Waals surface area (Å²) in [5.74, 6) is -9.58. The van der Waals surface area contributed by atoms with Crippen molar-refractivity contribution in [3.8, 4) is 23.0 Å². The third kappa shape index (κ3) is 18.3. The van der Waals surface area contributed by atoms with E-state index in [4.69, 9.17) is 38.2 Å². The van der Waals surface area contributed by atoms with Crippen LogP contribution >= 0.6 is 15.2 Å². The van der Waals surface area contributed by atoms with Crippen molar-refractivity contribution in [3.63, 3.8) is 0 Å². The maximum atomic E-state index is 15.0. The summed E-state index contributed by atoms with van der Waals surface area (Å²) in [4.78, 5) is 134. The molecular formula is C65H90N6O22P2. The quantitative estimate of drug-likeness (QED) is 0.0149. The zero-order valence-corrected chi connectivity index (χ0v) is 57.4. The Labute approximate surface area is 551 Å². The van der Waals surface area contributed by atoms with Gasteiger partial charge in [0.05, 0.1) is 41.7 Å². The van der Waals surface area contributed by atoms with Gasteiger partial charge in [-0.25, -0.2) is 9.79 Å². The lowest BCUT2D eigenvalue weighted by Crippen LogP contribution is -2.48. The van der Waals surface area contributed by atoms with E-state index >= 15 is 4.79 Å². The highest BCUT2D eigenvalue weighted by Gasteiger charge is 2.51. The number of carbonyl (C=O) groups is 6. The molecule has 9 N–H and O–H groups in total. The van der Waals surface area contributed by atoms with E-state index in [2.05, 4.69) is 34.4 Å². The van der Waals surface area contributed by atoms with Crippen LogP contribution < -0.4 is 30.8 Å². The van der Waals surface area contributed by atoms with Gasteiger partial charge in [-0.2, -0.15) is 0 Å². The fourth-order valence-corrected chi connectivity index (χ4v) is 15.2. The lowest BCUT2D eigenvalue weighted by molar-refractivity contribution is -0.166. The number of unbranched alkanes of at least 4 members (excludes halogenated alkanes) is 1. The van der Waals surface area contributed by atoms with E-state index in [1.165, 1.54) is 83.3 Å². The Kier molecular flexibility index (Phi) is 24.9. The van der Waals surface area contributed by atoms with Crippen molar-refractivity contribution in [2.75, 3.05) is 58.2 Å². The molecule has 1 saturated heterocycles. The predicted molar refractivity (Wildman–Crippen MR) is 346 cm³/mol. The van der Waals surface area contributed by atoms with Crippen LogP contribution in [0.3, 0.4) is 0 Å². The van der Waals surface area contributed by atoms with Crippen LogP contribution in [-0.2, 0) is 58.6 Å². The van der Waals surface area contributed by atoms with Gasteiger partial charge in [-0.15, -0.1) is 0 Å². The van der Waals surface area contributed by atoms with Gasteiger partial charge in [-0.3, -0.25) is 43.0 Å². The maximum Gasteiger partial charge on any atom is 0.407 e. The normalized spacial score (nSPS) is 25.4. The van der Waals surface area contributed by atoms with E-state index in [1.54, 1.807) is 45.9 Å². The number of allylic oxidation sites excluding steroid dienone is 2. The number of rotatable bonds is 20. The SMILES string of the molecule is CO[C@H]1/C=C/O[C@@]2(C)Oc3c(C)c(O)c4c(O)c(c5c(c4c3C2=O)NC2(CCN(CC(C)C)CC2)N=5)=NC(=O)/C(C)=C\C=C\[C@H](C)[C@H](OC(=O)CN(CCCCC(P(=O)(O)O)P(=O)(O)O)CCNC(=O)OCc2ccc(OC(C)=O)cc2)[C@@H](C)[C@@H](O)[C@@H](C)[C@H](OC(C)=O)[C@@H]1C. The lowest BCUT2D eigenvalue weighted by atomic mass is 9.78. The second-order valence-corrected chi connectivity index (χ2v) is 29.6. The molecule has 5 aliphatic rings. The zero-order chi connectivity index (χ0) is 70.2. The largest absolute Gasteiger partial charge is 0.507 e. The number of benzene rings is 3. The van der Waals surface area contributed by atoms with Crippen LogP contribution in [0.4, 0.5) is 10.5 Å². The second kappa shape index (κ2) is 31.4. The van der Waals surface area contributed by atoms with Crippen molar-refractivity contribution in [1.82, 2.24) is 15.1 Å². The van der Waals surface area contributed by atoms with Crippen molar-refractivity contribution >= 4 is 67.3 Å². The third-order valence-electron chi connectivity index (χ3n) is 17.7. The van der Waals surface area contributed by atoms with Gasteiger partial charge in [0.15, 0.2) is 11.1 Å². The van der Waals surface area contributed by atoms with Gasteiger partial charge in [0.1, 0.15) is 52.4 Å². The Morgan fingerprint density at radius 2 is 1.52 bits per heavy atom. The maximum absolute atomic E-state index is 15.0. The fourth-order valence-electron chi connectivity index (χ4n) is 12.6. The van der Waals surface area contributed by atoms with Gasteiger partial charge in [0.25, 0.3) is 11.7 Å². The first-order chi connectivity index (χ1) is 44.5. The van der Waals surface area contributed by atoms with Crippen LogP contribution in [-0.4, -0.2) is 175 Å². The molecule has 8 rings (SSSR count). The van der Waals surface area contributed by atoms with Crippen LogP contribution in [0.25, 0.3) is 10.8 Å². The Morgan fingerprint density at radius 3 is 2.13 bits per heavy atom. The number of nitrogens with one attached hydrogen (secondary N) is 2. The van der Waals surface area contributed by atoms with E-state index in [0.29, 0.717) is 37.4 Å². The molecule has 95 heavy (non-hydrogen) atoms. The number of phenolic OH excluding ortho intramolecular Hbond substituents is 2. The number of hydrogen-bond donors (Lipinski definition) is 9. The molecule has 3 aromatic carbocycles. The van der Waals surface area contributed by atoms with E-state index in [0.717, 1.165) is 6.54 Å². The summed E-state index contributed by atoms with van der Waals surface area (Å²) in [6.07, 6.45) is 2.06. The van der Waals surface area contributed by atoms with E-state index in [-0.39, 0.29) is 94.5 Å². The van der Waals surface area contributed by atoms with Gasteiger partial charge < -0.3 is 83.6 Å². The van der Waals surface area contributed by atoms with Gasteiger partial charge in [-0.05, 0) is 62.9 Å². The molecule has 0 aliphatic carbocycles. The number of anilines is 1. The third-order valence-corrected chi connectivity index (χ3v) is 21.6. The number of carbonyl (C=O) groups excluding carboxylic acids is 6. The van der Waals surface area contributed by atoms with Crippen LogP contribution in [0.15, 0.2) is 70.4 Å². The number of fused-ring (bicyclic) bond motifs is 13. The number of hydrogen-bond acceptors (Lipinski definition) is 22. The Bertz CT molecular complexity index is 3670. The number of ketones is 1. The highest BCUT2D eigenvalue weighted by atomic mass is 31.2. The number of esters is 3. The first kappa shape index (κ1) is 75.3. The molecule has 3 aromatic rings. The number of piperidine rings is 1. The summed E-state index contributed by atoms with van der Waals surface area (Å²) < 4.78 is 65.4. The molecule has 0 aromatic heterocycles. The van der Waals surface area contributed by atoms with Crippen LogP contribution in [0.1, 0.15) is 123 Å². The Morgan fingerprint density at radius 1 is 0.863 bits per heavy atom. The first-order valence-corrected chi connectivity index (χ1v) is 34.9. The van der Waals surface area contributed by atoms with E-state index in [1.807, 2.05) is 0 Å². The van der Waals surface area contributed by atoms with E-state index < -0.39 is 140 Å². The summed E-state index contributed by atoms with van der Waals surface area (Å²) in [5, 5.41) is 40.5. The average Bonchev–Trinajstić information content (AvgIpc) is 1.56. The van der Waals surface area contributed by atoms with Crippen LogP contribution in [0.2, 0.25) is 0 Å². The van der Waals surface area contributed by atoms with Gasteiger partial charge >= 0.3 is 45.0 Å². The molecule has 28 nitrogen and oxygen atoms in total. The summed E-state index contributed by atoms with van der Waals surface area (Å²) in [5.41, 5.74) is -0.0666. The fraction of sp³-hybridized carbons (Fsp3) is 0.569. The number of aliphatic hydroxyl groups is 1.